The van der Waals surface area contributed by atoms with Crippen LogP contribution in [0.25, 0.3) is 0 Å². The minimum Gasteiger partial charge on any atom is -0.371 e. The van der Waals surface area contributed by atoms with Crippen LogP contribution < -0.4 is 0 Å². The van der Waals surface area contributed by atoms with Crippen molar-refractivity contribution >= 4 is 0 Å². The molecule has 1 rings (SSSR count). The van der Waals surface area contributed by atoms with Gasteiger partial charge in [0.2, 0.25) is 0 Å². The molecule has 3 heteroatoms. The monoisotopic (exact) mass is 337 g/mol. The summed E-state index contributed by atoms with van der Waals surface area (Å²) in [6, 6.07) is 3.80. The van der Waals surface area contributed by atoms with Crippen molar-refractivity contribution in [2.75, 3.05) is 7.05 Å². The predicted molar refractivity (Wildman–Crippen MR) is 98.8 cm³/mol. The summed E-state index contributed by atoms with van der Waals surface area (Å²) in [7, 11) is 2.01. The molecule has 0 N–H and O–H groups in total. The number of rotatable bonds is 11. The van der Waals surface area contributed by atoms with E-state index < -0.39 is 11.6 Å². The van der Waals surface area contributed by atoms with Crippen LogP contribution in [0.5, 0.6) is 0 Å². The second kappa shape index (κ2) is 10.5. The molecule has 136 valence electrons. The summed E-state index contributed by atoms with van der Waals surface area (Å²) in [5.74, 6) is -0.583. The van der Waals surface area contributed by atoms with E-state index in [1.807, 2.05) is 7.05 Å². The van der Waals surface area contributed by atoms with Gasteiger partial charge in [-0.3, -0.25) is 0 Å². The smallest absolute Gasteiger partial charge is 0.126 e. The van der Waals surface area contributed by atoms with Gasteiger partial charge in [-0.15, -0.1) is 0 Å². The highest BCUT2D eigenvalue weighted by molar-refractivity contribution is 5.23. The van der Waals surface area contributed by atoms with Crippen molar-refractivity contribution in [2.24, 2.45) is 5.92 Å². The van der Waals surface area contributed by atoms with Crippen LogP contribution in [0.4, 0.5) is 8.78 Å². The minimum atomic E-state index is -0.513. The molecule has 2 unspecified atom stereocenters. The van der Waals surface area contributed by atoms with Crippen LogP contribution in [0, 0.1) is 17.6 Å². The van der Waals surface area contributed by atoms with Crippen LogP contribution in [0.1, 0.15) is 77.3 Å². The molecule has 0 saturated carbocycles. The highest BCUT2D eigenvalue weighted by atomic mass is 19.1. The van der Waals surface area contributed by atoms with Crippen LogP contribution >= 0.6 is 0 Å². The number of halogens is 2. The van der Waals surface area contributed by atoms with E-state index in [9.17, 15) is 8.78 Å². The molecular weight excluding hydrogens is 304 g/mol. The highest BCUT2D eigenvalue weighted by Crippen LogP contribution is 2.33. The van der Waals surface area contributed by atoms with Crippen LogP contribution in [-0.4, -0.2) is 11.9 Å². The third-order valence-corrected chi connectivity index (χ3v) is 4.77. The molecule has 24 heavy (non-hydrogen) atoms. The first-order valence-electron chi connectivity index (χ1n) is 9.32. The SMILES string of the molecule is C=C(C(CCC)CCCC)N(C)C(CCC)c1cc(F)cc(F)c1. The second-order valence-electron chi connectivity index (χ2n) is 6.74. The minimum absolute atomic E-state index is 0.0336. The van der Waals surface area contributed by atoms with E-state index >= 15 is 0 Å². The Labute approximate surface area is 146 Å². The molecule has 2 atom stereocenters. The van der Waals surface area contributed by atoms with Crippen molar-refractivity contribution in [3.8, 4) is 0 Å². The summed E-state index contributed by atoms with van der Waals surface area (Å²) >= 11 is 0. The molecule has 1 aromatic rings. The molecule has 0 spiro atoms. The average molecular weight is 337 g/mol. The van der Waals surface area contributed by atoms with Gasteiger partial charge in [0.25, 0.3) is 0 Å². The van der Waals surface area contributed by atoms with Crippen molar-refractivity contribution in [1.82, 2.24) is 4.90 Å². The fourth-order valence-corrected chi connectivity index (χ4v) is 3.39. The fourth-order valence-electron chi connectivity index (χ4n) is 3.39. The summed E-state index contributed by atoms with van der Waals surface area (Å²) in [4.78, 5) is 2.15. The molecule has 1 nitrogen and oxygen atoms in total. The fraction of sp³-hybridized carbons (Fsp3) is 0.619. The molecule has 1 aromatic carbocycles. The van der Waals surface area contributed by atoms with Crippen LogP contribution in [0.15, 0.2) is 30.5 Å². The van der Waals surface area contributed by atoms with Gasteiger partial charge < -0.3 is 4.90 Å². The highest BCUT2D eigenvalue weighted by Gasteiger charge is 2.23. The molecule has 0 saturated heterocycles. The van der Waals surface area contributed by atoms with E-state index in [-0.39, 0.29) is 6.04 Å². The summed E-state index contributed by atoms with van der Waals surface area (Å²) in [5, 5.41) is 0. The summed E-state index contributed by atoms with van der Waals surface area (Å²) < 4.78 is 27.3. The van der Waals surface area contributed by atoms with E-state index in [0.717, 1.165) is 43.9 Å². The van der Waals surface area contributed by atoms with Gasteiger partial charge in [0.05, 0.1) is 6.04 Å². The number of hydrogen-bond donors (Lipinski definition) is 0. The zero-order chi connectivity index (χ0) is 18.1. The Morgan fingerprint density at radius 2 is 1.54 bits per heavy atom. The largest absolute Gasteiger partial charge is 0.371 e. The lowest BCUT2D eigenvalue weighted by molar-refractivity contribution is 0.247. The van der Waals surface area contributed by atoms with Gasteiger partial charge in [0.15, 0.2) is 0 Å². The van der Waals surface area contributed by atoms with E-state index in [2.05, 4.69) is 32.3 Å². The molecule has 0 aromatic heterocycles. The molecule has 0 bridgehead atoms. The van der Waals surface area contributed by atoms with Crippen molar-refractivity contribution in [3.05, 3.63) is 47.7 Å². The first-order chi connectivity index (χ1) is 11.4. The molecule has 0 fully saturated rings. The lowest BCUT2D eigenvalue weighted by Crippen LogP contribution is -2.28. The maximum atomic E-state index is 13.7. The summed E-state index contributed by atoms with van der Waals surface area (Å²) in [6.07, 6.45) is 7.52. The first kappa shape index (κ1) is 20.7. The number of allylic oxidation sites excluding steroid dienone is 1. The third-order valence-electron chi connectivity index (χ3n) is 4.77. The normalized spacial score (nSPS) is 13.6. The van der Waals surface area contributed by atoms with Gasteiger partial charge in [-0.1, -0.05) is 53.0 Å². The zero-order valence-corrected chi connectivity index (χ0v) is 15.7. The Kier molecular flexibility index (Phi) is 9.02. The Morgan fingerprint density at radius 1 is 0.958 bits per heavy atom. The van der Waals surface area contributed by atoms with Gasteiger partial charge in [-0.25, -0.2) is 8.78 Å². The van der Waals surface area contributed by atoms with Crippen LogP contribution in [0.2, 0.25) is 0 Å². The number of hydrogen-bond acceptors (Lipinski definition) is 1. The number of nitrogens with zero attached hydrogens (tertiary/aromatic N) is 1. The second-order valence-corrected chi connectivity index (χ2v) is 6.74. The summed E-state index contributed by atoms with van der Waals surface area (Å²) in [5.41, 5.74) is 1.79. The first-order valence-corrected chi connectivity index (χ1v) is 9.32. The number of benzene rings is 1. The van der Waals surface area contributed by atoms with Crippen LogP contribution in [-0.2, 0) is 0 Å². The lowest BCUT2D eigenvalue weighted by atomic mass is 9.91. The molecule has 0 aliphatic carbocycles. The standard InChI is InChI=1S/C21H33F2N/c1-6-9-12-17(10-7-2)16(4)24(5)21(11-8-3)18-13-19(22)15-20(23)14-18/h13-15,17,21H,4,6-12H2,1-3,5H3. The molecule has 0 aliphatic heterocycles. The van der Waals surface area contributed by atoms with Crippen molar-refractivity contribution in [1.29, 1.82) is 0 Å². The van der Waals surface area contributed by atoms with Gasteiger partial charge in [0, 0.05) is 18.8 Å². The van der Waals surface area contributed by atoms with Crippen LogP contribution in [0.3, 0.4) is 0 Å². The molecule has 0 heterocycles. The lowest BCUT2D eigenvalue weighted by Gasteiger charge is -2.36. The van der Waals surface area contributed by atoms with Gasteiger partial charge >= 0.3 is 0 Å². The maximum Gasteiger partial charge on any atom is 0.126 e. The van der Waals surface area contributed by atoms with Crippen molar-refractivity contribution in [3.63, 3.8) is 0 Å². The van der Waals surface area contributed by atoms with Crippen molar-refractivity contribution < 1.29 is 8.78 Å². The third kappa shape index (κ3) is 5.92. The average Bonchev–Trinajstić information content (AvgIpc) is 2.54. The van der Waals surface area contributed by atoms with E-state index in [1.54, 1.807) is 0 Å². The summed E-state index contributed by atoms with van der Waals surface area (Å²) in [6.45, 7) is 10.8. The predicted octanol–water partition coefficient (Wildman–Crippen LogP) is 6.86. The zero-order valence-electron chi connectivity index (χ0n) is 15.7. The van der Waals surface area contributed by atoms with Gasteiger partial charge in [0.1, 0.15) is 11.6 Å². The van der Waals surface area contributed by atoms with E-state index in [0.29, 0.717) is 11.5 Å². The van der Waals surface area contributed by atoms with E-state index in [4.69, 9.17) is 0 Å². The van der Waals surface area contributed by atoms with E-state index in [1.165, 1.54) is 25.0 Å². The Bertz CT molecular complexity index is 492. The van der Waals surface area contributed by atoms with Gasteiger partial charge in [-0.05, 0) is 42.9 Å². The Balaban J connectivity index is 3.02. The van der Waals surface area contributed by atoms with Crippen molar-refractivity contribution in [2.45, 2.75) is 71.8 Å². The topological polar surface area (TPSA) is 3.24 Å². The molecule has 0 aliphatic rings. The molecule has 0 amide bonds. The Hall–Kier alpha value is -1.38. The molecular formula is C21H33F2N. The number of unbranched alkanes of at least 4 members (excludes halogenated alkanes) is 1. The maximum absolute atomic E-state index is 13.7. The quantitative estimate of drug-likeness (QED) is 0.426. The molecule has 0 radical (unpaired) electrons. The van der Waals surface area contributed by atoms with Gasteiger partial charge in [-0.2, -0.15) is 0 Å². The Morgan fingerprint density at radius 3 is 2.04 bits per heavy atom.